The molecule has 1 fully saturated rings. The Kier molecular flexibility index (Phi) is 5.42. The molecule has 1 aliphatic carbocycles. The number of halogens is 4. The van der Waals surface area contributed by atoms with Crippen LogP contribution >= 0.6 is 0 Å². The molecule has 1 saturated carbocycles. The van der Waals surface area contributed by atoms with E-state index in [4.69, 9.17) is 0 Å². The molecule has 1 aromatic carbocycles. The molecule has 0 saturated heterocycles. The highest BCUT2D eigenvalue weighted by atomic mass is 19.4. The van der Waals surface area contributed by atoms with Gasteiger partial charge in [0.2, 0.25) is 0 Å². The maximum Gasteiger partial charge on any atom is 0.490 e. The smallest absolute Gasteiger partial charge is 0.456 e. The summed E-state index contributed by atoms with van der Waals surface area (Å²) in [6, 6.07) is 6.32. The maximum atomic E-state index is 12.8. The minimum atomic E-state index is -4.92. The highest BCUT2D eigenvalue weighted by molar-refractivity contribution is 5.75. The molecule has 22 heavy (non-hydrogen) atoms. The number of rotatable bonds is 4. The topological polar surface area (TPSA) is 26.3 Å². The first-order valence-electron chi connectivity index (χ1n) is 7.37. The summed E-state index contributed by atoms with van der Waals surface area (Å²) >= 11 is 0. The van der Waals surface area contributed by atoms with Gasteiger partial charge in [0.15, 0.2) is 0 Å². The normalized spacial score (nSPS) is 22.4. The molecule has 0 aromatic heterocycles. The van der Waals surface area contributed by atoms with Crippen molar-refractivity contribution < 1.29 is 27.1 Å². The van der Waals surface area contributed by atoms with E-state index in [1.807, 2.05) is 0 Å². The lowest BCUT2D eigenvalue weighted by Gasteiger charge is -2.28. The first-order chi connectivity index (χ1) is 10.3. The van der Waals surface area contributed by atoms with E-state index < -0.39 is 18.2 Å². The van der Waals surface area contributed by atoms with Crippen LogP contribution in [0.2, 0.25) is 0 Å². The average molecular weight is 318 g/mol. The van der Waals surface area contributed by atoms with Crippen molar-refractivity contribution >= 4 is 5.97 Å². The van der Waals surface area contributed by atoms with Gasteiger partial charge in [0.25, 0.3) is 0 Å². The van der Waals surface area contributed by atoms with Crippen LogP contribution in [0.15, 0.2) is 24.3 Å². The van der Waals surface area contributed by atoms with Crippen molar-refractivity contribution in [2.45, 2.75) is 50.8 Å². The molecule has 0 radical (unpaired) electrons. The van der Waals surface area contributed by atoms with Gasteiger partial charge < -0.3 is 4.74 Å². The number of esters is 1. The first kappa shape index (κ1) is 16.8. The van der Waals surface area contributed by atoms with Crippen LogP contribution in [0, 0.1) is 11.7 Å². The monoisotopic (exact) mass is 318 g/mol. The Morgan fingerprint density at radius 2 is 1.68 bits per heavy atom. The number of alkyl halides is 3. The summed E-state index contributed by atoms with van der Waals surface area (Å²) in [6.07, 6.45) is -1.39. The van der Waals surface area contributed by atoms with Crippen LogP contribution in [0.25, 0.3) is 0 Å². The molecule has 1 aromatic rings. The molecular formula is C16H18F4O2. The fourth-order valence-corrected chi connectivity index (χ4v) is 2.78. The van der Waals surface area contributed by atoms with Crippen LogP contribution in [-0.4, -0.2) is 18.2 Å². The van der Waals surface area contributed by atoms with Crippen LogP contribution in [0.1, 0.15) is 37.7 Å². The standard InChI is InChI=1S/C16H18F4O2/c17-13-7-3-11(4-8-13)1-2-12-5-9-14(10-6-12)22-15(21)16(18,19)20/h3-4,7-8,12,14H,1-2,5-6,9-10H2. The molecule has 2 rings (SSSR count). The zero-order chi connectivity index (χ0) is 16.2. The Labute approximate surface area is 126 Å². The van der Waals surface area contributed by atoms with Gasteiger partial charge in [-0.3, -0.25) is 0 Å². The van der Waals surface area contributed by atoms with E-state index in [9.17, 15) is 22.4 Å². The second-order valence-electron chi connectivity index (χ2n) is 5.71. The van der Waals surface area contributed by atoms with Crippen molar-refractivity contribution in [1.29, 1.82) is 0 Å². The van der Waals surface area contributed by atoms with Crippen LogP contribution in [-0.2, 0) is 16.0 Å². The summed E-state index contributed by atoms with van der Waals surface area (Å²) in [4.78, 5) is 10.8. The third-order valence-electron chi connectivity index (χ3n) is 4.05. The van der Waals surface area contributed by atoms with Crippen molar-refractivity contribution in [1.82, 2.24) is 0 Å². The molecule has 2 nitrogen and oxygen atoms in total. The van der Waals surface area contributed by atoms with Gasteiger partial charge in [-0.15, -0.1) is 0 Å². The summed E-state index contributed by atoms with van der Waals surface area (Å²) in [5, 5.41) is 0. The van der Waals surface area contributed by atoms with E-state index in [0.29, 0.717) is 18.8 Å². The summed E-state index contributed by atoms with van der Waals surface area (Å²) in [6.45, 7) is 0. The van der Waals surface area contributed by atoms with Crippen LogP contribution in [0.3, 0.4) is 0 Å². The average Bonchev–Trinajstić information content (AvgIpc) is 2.47. The van der Waals surface area contributed by atoms with Crippen molar-refractivity contribution in [3.8, 4) is 0 Å². The summed E-state index contributed by atoms with van der Waals surface area (Å²) in [5.74, 6) is -1.95. The lowest BCUT2D eigenvalue weighted by atomic mass is 9.84. The summed E-state index contributed by atoms with van der Waals surface area (Å²) in [5.41, 5.74) is 1.05. The summed E-state index contributed by atoms with van der Waals surface area (Å²) < 4.78 is 53.6. The molecule has 1 aliphatic rings. The number of benzene rings is 1. The second kappa shape index (κ2) is 7.11. The molecule has 122 valence electrons. The number of hydrogen-bond donors (Lipinski definition) is 0. The molecule has 0 aliphatic heterocycles. The minimum absolute atomic E-state index is 0.268. The molecular weight excluding hydrogens is 300 g/mol. The molecule has 6 heteroatoms. The lowest BCUT2D eigenvalue weighted by molar-refractivity contribution is -0.206. The van der Waals surface area contributed by atoms with E-state index in [-0.39, 0.29) is 5.82 Å². The van der Waals surface area contributed by atoms with Crippen LogP contribution in [0.4, 0.5) is 17.6 Å². The number of carbonyl (C=O) groups is 1. The Balaban J connectivity index is 1.71. The van der Waals surface area contributed by atoms with Crippen molar-refractivity contribution in [2.75, 3.05) is 0 Å². The Morgan fingerprint density at radius 3 is 2.23 bits per heavy atom. The number of carbonyl (C=O) groups excluding carboxylic acids is 1. The van der Waals surface area contributed by atoms with Crippen molar-refractivity contribution in [3.05, 3.63) is 35.6 Å². The minimum Gasteiger partial charge on any atom is -0.456 e. The van der Waals surface area contributed by atoms with Gasteiger partial charge in [0.1, 0.15) is 11.9 Å². The van der Waals surface area contributed by atoms with E-state index in [1.54, 1.807) is 12.1 Å². The predicted octanol–water partition coefficient (Wildman–Crippen LogP) is 4.42. The number of aryl methyl sites for hydroxylation is 1. The van der Waals surface area contributed by atoms with Crippen molar-refractivity contribution in [3.63, 3.8) is 0 Å². The third-order valence-corrected chi connectivity index (χ3v) is 4.05. The van der Waals surface area contributed by atoms with Gasteiger partial charge in [-0.1, -0.05) is 12.1 Å². The molecule has 0 heterocycles. The molecule has 0 unspecified atom stereocenters. The van der Waals surface area contributed by atoms with Gasteiger partial charge in [-0.05, 0) is 62.1 Å². The Hall–Kier alpha value is -1.59. The third kappa shape index (κ3) is 5.00. The van der Waals surface area contributed by atoms with E-state index in [1.165, 1.54) is 12.1 Å². The van der Waals surface area contributed by atoms with Gasteiger partial charge in [-0.25, -0.2) is 9.18 Å². The largest absolute Gasteiger partial charge is 0.490 e. The van der Waals surface area contributed by atoms with Gasteiger partial charge in [0.05, 0.1) is 0 Å². The lowest BCUT2D eigenvalue weighted by Crippen LogP contribution is -2.32. The fraction of sp³-hybridized carbons (Fsp3) is 0.562. The fourth-order valence-electron chi connectivity index (χ4n) is 2.78. The Morgan fingerprint density at radius 1 is 1.09 bits per heavy atom. The first-order valence-corrected chi connectivity index (χ1v) is 7.37. The van der Waals surface area contributed by atoms with Crippen LogP contribution in [0.5, 0.6) is 0 Å². The number of hydrogen-bond acceptors (Lipinski definition) is 2. The van der Waals surface area contributed by atoms with E-state index in [0.717, 1.165) is 31.2 Å². The quantitative estimate of drug-likeness (QED) is 0.607. The maximum absolute atomic E-state index is 12.8. The SMILES string of the molecule is O=C(OC1CCC(CCc2ccc(F)cc2)CC1)C(F)(F)F. The predicted molar refractivity (Wildman–Crippen MR) is 72.6 cm³/mol. The van der Waals surface area contributed by atoms with Gasteiger partial charge in [0, 0.05) is 0 Å². The van der Waals surface area contributed by atoms with E-state index in [2.05, 4.69) is 4.74 Å². The molecule has 0 bridgehead atoms. The Bertz CT molecular complexity index is 488. The summed E-state index contributed by atoms with van der Waals surface area (Å²) in [7, 11) is 0. The van der Waals surface area contributed by atoms with Gasteiger partial charge >= 0.3 is 12.1 Å². The second-order valence-corrected chi connectivity index (χ2v) is 5.71. The highest BCUT2D eigenvalue weighted by Gasteiger charge is 2.42. The molecule has 0 N–H and O–H groups in total. The van der Waals surface area contributed by atoms with E-state index >= 15 is 0 Å². The molecule has 0 atom stereocenters. The van der Waals surface area contributed by atoms with Crippen LogP contribution < -0.4 is 0 Å². The van der Waals surface area contributed by atoms with Gasteiger partial charge in [-0.2, -0.15) is 13.2 Å². The highest BCUT2D eigenvalue weighted by Crippen LogP contribution is 2.31. The zero-order valence-electron chi connectivity index (χ0n) is 12.0. The molecule has 0 amide bonds. The van der Waals surface area contributed by atoms with Crippen molar-refractivity contribution in [2.24, 2.45) is 5.92 Å². The number of ether oxygens (including phenoxy) is 1. The molecule has 0 spiro atoms. The zero-order valence-corrected chi connectivity index (χ0v) is 12.0.